The van der Waals surface area contributed by atoms with E-state index in [2.05, 4.69) is 9.55 Å². The zero-order chi connectivity index (χ0) is 14.8. The lowest BCUT2D eigenvalue weighted by atomic mass is 9.96. The van der Waals surface area contributed by atoms with E-state index in [1.807, 2.05) is 36.4 Å². The highest BCUT2D eigenvalue weighted by molar-refractivity contribution is 5.73. The maximum absolute atomic E-state index is 11.4. The van der Waals surface area contributed by atoms with Gasteiger partial charge < -0.3 is 13.9 Å². The van der Waals surface area contributed by atoms with Gasteiger partial charge in [-0.25, -0.2) is 4.98 Å². The summed E-state index contributed by atoms with van der Waals surface area (Å²) in [7, 11) is 0. The van der Waals surface area contributed by atoms with Crippen molar-refractivity contribution in [3.05, 3.63) is 30.3 Å². The van der Waals surface area contributed by atoms with Crippen molar-refractivity contribution in [3.8, 4) is 11.6 Å². The fraction of sp³-hybridized carbons (Fsp3) is 0.500. The topological polar surface area (TPSA) is 51.3 Å². The number of piperidine rings is 1. The number of nitrogens with zero attached hydrogens (tertiary/aromatic N) is 3. The van der Waals surface area contributed by atoms with Gasteiger partial charge in [-0.05, 0) is 37.8 Å². The van der Waals surface area contributed by atoms with E-state index < -0.39 is 0 Å². The summed E-state index contributed by atoms with van der Waals surface area (Å²) < 4.78 is 7.83. The molecule has 1 fully saturated rings. The third-order valence-corrected chi connectivity index (χ3v) is 4.19. The monoisotopic (exact) mass is 287 g/mol. The van der Waals surface area contributed by atoms with Crippen LogP contribution < -0.4 is 0 Å². The van der Waals surface area contributed by atoms with Gasteiger partial charge in [-0.15, -0.1) is 0 Å². The highest BCUT2D eigenvalue weighted by Crippen LogP contribution is 2.24. The normalized spacial score (nSPS) is 16.4. The van der Waals surface area contributed by atoms with Gasteiger partial charge in [0.05, 0.1) is 0 Å². The summed E-state index contributed by atoms with van der Waals surface area (Å²) in [4.78, 5) is 17.7. The number of imidazole rings is 1. The van der Waals surface area contributed by atoms with Gasteiger partial charge in [-0.3, -0.25) is 4.79 Å². The Morgan fingerprint density at radius 1 is 1.38 bits per heavy atom. The van der Waals surface area contributed by atoms with Crippen LogP contribution in [-0.2, 0) is 11.3 Å². The van der Waals surface area contributed by atoms with E-state index >= 15 is 0 Å². The molecule has 0 bridgehead atoms. The predicted molar refractivity (Wildman–Crippen MR) is 79.6 cm³/mol. The summed E-state index contributed by atoms with van der Waals surface area (Å²) in [6.45, 7) is 6.25. The fourth-order valence-electron chi connectivity index (χ4n) is 2.94. The number of aromatic nitrogens is 2. The van der Waals surface area contributed by atoms with Gasteiger partial charge in [0.1, 0.15) is 5.76 Å². The number of likely N-dealkylation sites (tertiary alicyclic amines) is 1. The van der Waals surface area contributed by atoms with Crippen LogP contribution in [0.25, 0.3) is 11.6 Å². The van der Waals surface area contributed by atoms with Crippen molar-refractivity contribution in [1.29, 1.82) is 0 Å². The van der Waals surface area contributed by atoms with E-state index in [1.165, 1.54) is 0 Å². The molecule has 1 saturated heterocycles. The van der Waals surface area contributed by atoms with Crippen molar-refractivity contribution in [2.24, 2.45) is 5.92 Å². The minimum absolute atomic E-state index is 0.183. The molecule has 112 valence electrons. The van der Waals surface area contributed by atoms with Crippen molar-refractivity contribution >= 4 is 5.91 Å². The summed E-state index contributed by atoms with van der Waals surface area (Å²) in [5, 5.41) is 0. The summed E-state index contributed by atoms with van der Waals surface area (Å²) >= 11 is 0. The molecule has 3 heterocycles. The first kappa shape index (κ1) is 13.9. The molecule has 0 saturated carbocycles. The molecule has 0 aliphatic carbocycles. The zero-order valence-electron chi connectivity index (χ0n) is 12.6. The van der Waals surface area contributed by atoms with Crippen LogP contribution in [0, 0.1) is 12.8 Å². The number of hydrogen-bond acceptors (Lipinski definition) is 3. The van der Waals surface area contributed by atoms with Crippen LogP contribution in [0.3, 0.4) is 0 Å². The largest absolute Gasteiger partial charge is 0.458 e. The number of amides is 1. The number of rotatable bonds is 3. The minimum Gasteiger partial charge on any atom is -0.458 e. The van der Waals surface area contributed by atoms with Crippen LogP contribution >= 0.6 is 0 Å². The molecule has 2 aromatic rings. The molecule has 0 radical (unpaired) electrons. The highest BCUT2D eigenvalue weighted by Gasteiger charge is 2.22. The molecule has 2 aromatic heterocycles. The molecule has 0 unspecified atom stereocenters. The SMILES string of the molecule is CC(=O)N1CCC(Cn2ccnc2-c2ccc(C)o2)CC1. The number of carbonyl (C=O) groups excluding carboxylic acids is 1. The molecule has 3 rings (SSSR count). The van der Waals surface area contributed by atoms with Crippen LogP contribution in [0.2, 0.25) is 0 Å². The molecular formula is C16H21N3O2. The predicted octanol–water partition coefficient (Wildman–Crippen LogP) is 2.71. The molecule has 21 heavy (non-hydrogen) atoms. The second-order valence-corrected chi connectivity index (χ2v) is 5.76. The maximum atomic E-state index is 11.4. The number of furan rings is 1. The van der Waals surface area contributed by atoms with Gasteiger partial charge in [-0.2, -0.15) is 0 Å². The van der Waals surface area contributed by atoms with Crippen LogP contribution in [0.4, 0.5) is 0 Å². The molecule has 0 spiro atoms. The lowest BCUT2D eigenvalue weighted by Gasteiger charge is -2.31. The lowest BCUT2D eigenvalue weighted by Crippen LogP contribution is -2.37. The molecule has 1 aliphatic rings. The van der Waals surface area contributed by atoms with E-state index in [0.717, 1.165) is 49.8 Å². The molecule has 0 N–H and O–H groups in total. The summed E-state index contributed by atoms with van der Waals surface area (Å²) in [6, 6.07) is 3.92. The minimum atomic E-state index is 0.183. The van der Waals surface area contributed by atoms with Gasteiger partial charge >= 0.3 is 0 Å². The van der Waals surface area contributed by atoms with Gasteiger partial charge in [0.2, 0.25) is 5.91 Å². The van der Waals surface area contributed by atoms with E-state index in [1.54, 1.807) is 6.92 Å². The maximum Gasteiger partial charge on any atom is 0.219 e. The Hall–Kier alpha value is -2.04. The van der Waals surface area contributed by atoms with Crippen LogP contribution in [0.15, 0.2) is 28.9 Å². The average molecular weight is 287 g/mol. The third kappa shape index (κ3) is 3.01. The van der Waals surface area contributed by atoms with Crippen LogP contribution in [0.5, 0.6) is 0 Å². The van der Waals surface area contributed by atoms with Crippen molar-refractivity contribution in [3.63, 3.8) is 0 Å². The van der Waals surface area contributed by atoms with E-state index in [4.69, 9.17) is 4.42 Å². The van der Waals surface area contributed by atoms with Gasteiger partial charge in [-0.1, -0.05) is 0 Å². The second-order valence-electron chi connectivity index (χ2n) is 5.76. The number of hydrogen-bond donors (Lipinski definition) is 0. The fourth-order valence-corrected chi connectivity index (χ4v) is 2.94. The molecule has 0 aromatic carbocycles. The smallest absolute Gasteiger partial charge is 0.219 e. The second kappa shape index (κ2) is 5.76. The quantitative estimate of drug-likeness (QED) is 0.872. The van der Waals surface area contributed by atoms with Crippen molar-refractivity contribution in [2.45, 2.75) is 33.2 Å². The number of carbonyl (C=O) groups is 1. The molecule has 5 heteroatoms. The van der Waals surface area contributed by atoms with Crippen LogP contribution in [-0.4, -0.2) is 33.4 Å². The first-order valence-corrected chi connectivity index (χ1v) is 7.47. The van der Waals surface area contributed by atoms with Gasteiger partial charge in [0.25, 0.3) is 0 Å². The standard InChI is InChI=1S/C16H21N3O2/c1-12-3-4-15(21-12)16-17-7-10-19(16)11-14-5-8-18(9-6-14)13(2)20/h3-4,7,10,14H,5-6,8-9,11H2,1-2H3. The van der Waals surface area contributed by atoms with Crippen molar-refractivity contribution in [1.82, 2.24) is 14.5 Å². The first-order chi connectivity index (χ1) is 10.1. The molecular weight excluding hydrogens is 266 g/mol. The zero-order valence-corrected chi connectivity index (χ0v) is 12.6. The molecule has 0 atom stereocenters. The first-order valence-electron chi connectivity index (χ1n) is 7.47. The molecule has 1 aliphatic heterocycles. The summed E-state index contributed by atoms with van der Waals surface area (Å²) in [5.41, 5.74) is 0. The summed E-state index contributed by atoms with van der Waals surface area (Å²) in [5.74, 6) is 3.37. The Labute approximate surface area is 124 Å². The van der Waals surface area contributed by atoms with E-state index in [9.17, 15) is 4.79 Å². The lowest BCUT2D eigenvalue weighted by molar-refractivity contribution is -0.130. The Kier molecular flexibility index (Phi) is 3.82. The Balaban J connectivity index is 1.67. The number of aryl methyl sites for hydroxylation is 1. The average Bonchev–Trinajstić information content (AvgIpc) is 3.08. The van der Waals surface area contributed by atoms with E-state index in [-0.39, 0.29) is 5.91 Å². The van der Waals surface area contributed by atoms with E-state index in [0.29, 0.717) is 5.92 Å². The van der Waals surface area contributed by atoms with Gasteiger partial charge in [0, 0.05) is 39.0 Å². The third-order valence-electron chi connectivity index (χ3n) is 4.19. The Bertz CT molecular complexity index is 621. The van der Waals surface area contributed by atoms with Crippen molar-refractivity contribution < 1.29 is 9.21 Å². The summed E-state index contributed by atoms with van der Waals surface area (Å²) in [6.07, 6.45) is 5.92. The van der Waals surface area contributed by atoms with Crippen molar-refractivity contribution in [2.75, 3.05) is 13.1 Å². The Morgan fingerprint density at radius 3 is 2.76 bits per heavy atom. The van der Waals surface area contributed by atoms with Gasteiger partial charge in [0.15, 0.2) is 11.6 Å². The molecule has 1 amide bonds. The highest BCUT2D eigenvalue weighted by atomic mass is 16.3. The van der Waals surface area contributed by atoms with Crippen LogP contribution in [0.1, 0.15) is 25.5 Å². The Morgan fingerprint density at radius 2 is 2.14 bits per heavy atom. The molecule has 5 nitrogen and oxygen atoms in total.